The number of amides is 1. The van der Waals surface area contributed by atoms with Crippen LogP contribution in [0.4, 0.5) is 4.79 Å². The second-order valence-corrected chi connectivity index (χ2v) is 8.90. The lowest BCUT2D eigenvalue weighted by molar-refractivity contribution is 0.129. The fourth-order valence-electron chi connectivity index (χ4n) is 3.56. The molecule has 0 saturated carbocycles. The van der Waals surface area contributed by atoms with Gasteiger partial charge in [0.15, 0.2) is 11.5 Å². The highest BCUT2D eigenvalue weighted by atomic mass is 32.2. The Hall–Kier alpha value is -2.91. The molecular weight excluding hydrogens is 394 g/mol. The monoisotopic (exact) mass is 415 g/mol. The number of hydrogen-bond donors (Lipinski definition) is 2. The van der Waals surface area contributed by atoms with E-state index in [0.717, 1.165) is 16.6 Å². The van der Waals surface area contributed by atoms with Gasteiger partial charge in [-0.3, -0.25) is 0 Å². The van der Waals surface area contributed by atoms with Crippen LogP contribution in [0.1, 0.15) is 24.7 Å². The lowest BCUT2D eigenvalue weighted by atomic mass is 9.97. The maximum absolute atomic E-state index is 11.9. The smallest absolute Gasteiger partial charge is 0.407 e. The molecule has 8 nitrogen and oxygen atoms in total. The van der Waals surface area contributed by atoms with Crippen molar-refractivity contribution in [3.05, 3.63) is 48.4 Å². The van der Waals surface area contributed by atoms with Crippen molar-refractivity contribution < 1.29 is 22.7 Å². The van der Waals surface area contributed by atoms with Gasteiger partial charge in [0.05, 0.1) is 4.90 Å². The van der Waals surface area contributed by atoms with Gasteiger partial charge in [-0.2, -0.15) is 0 Å². The third-order valence-electron chi connectivity index (χ3n) is 5.29. The number of fused-ring (bicyclic) bond motifs is 1. The SMILES string of the molecule is CNS(=O)(=O)c1ccc(-c2ccc3oc(C4CCN(C(=O)O)CC4)nc3c2)cc1. The molecule has 0 aliphatic carbocycles. The average molecular weight is 415 g/mol. The van der Waals surface area contributed by atoms with Crippen molar-refractivity contribution in [2.45, 2.75) is 23.7 Å². The lowest BCUT2D eigenvalue weighted by Gasteiger charge is -2.28. The number of nitrogens with one attached hydrogen (secondary N) is 1. The van der Waals surface area contributed by atoms with Crippen molar-refractivity contribution in [1.29, 1.82) is 0 Å². The molecular formula is C20H21N3O5S. The molecule has 1 fully saturated rings. The highest BCUT2D eigenvalue weighted by molar-refractivity contribution is 7.89. The van der Waals surface area contributed by atoms with Crippen LogP contribution in [0.25, 0.3) is 22.2 Å². The molecule has 2 heterocycles. The van der Waals surface area contributed by atoms with Gasteiger partial charge in [-0.25, -0.2) is 22.9 Å². The summed E-state index contributed by atoms with van der Waals surface area (Å²) in [6, 6.07) is 12.3. The molecule has 0 atom stereocenters. The number of piperidine rings is 1. The van der Waals surface area contributed by atoms with Crippen molar-refractivity contribution in [2.75, 3.05) is 20.1 Å². The van der Waals surface area contributed by atoms with E-state index in [1.54, 1.807) is 24.3 Å². The number of hydrogen-bond acceptors (Lipinski definition) is 5. The van der Waals surface area contributed by atoms with Gasteiger partial charge in [0.25, 0.3) is 0 Å². The molecule has 1 amide bonds. The summed E-state index contributed by atoms with van der Waals surface area (Å²) in [5, 5.41) is 9.07. The summed E-state index contributed by atoms with van der Waals surface area (Å²) in [6.45, 7) is 0.956. The molecule has 4 rings (SSSR count). The maximum atomic E-state index is 11.9. The van der Waals surface area contributed by atoms with Crippen molar-refractivity contribution in [3.63, 3.8) is 0 Å². The number of carbonyl (C=O) groups is 1. The number of carboxylic acid groups (broad SMARTS) is 1. The molecule has 0 radical (unpaired) electrons. The van der Waals surface area contributed by atoms with E-state index in [2.05, 4.69) is 9.71 Å². The summed E-state index contributed by atoms with van der Waals surface area (Å²) < 4.78 is 31.9. The molecule has 9 heteroatoms. The Labute approximate surface area is 168 Å². The van der Waals surface area contributed by atoms with E-state index in [0.29, 0.717) is 37.4 Å². The zero-order valence-electron chi connectivity index (χ0n) is 15.8. The van der Waals surface area contributed by atoms with Crippen LogP contribution in [0.5, 0.6) is 0 Å². The van der Waals surface area contributed by atoms with E-state index in [9.17, 15) is 13.2 Å². The van der Waals surface area contributed by atoms with Crippen LogP contribution in [0.3, 0.4) is 0 Å². The van der Waals surface area contributed by atoms with Crippen molar-refractivity contribution in [1.82, 2.24) is 14.6 Å². The number of oxazole rings is 1. The minimum absolute atomic E-state index is 0.104. The van der Waals surface area contributed by atoms with Crippen LogP contribution in [-0.2, 0) is 10.0 Å². The van der Waals surface area contributed by atoms with Gasteiger partial charge in [-0.1, -0.05) is 18.2 Å². The molecule has 2 aromatic carbocycles. The predicted octanol–water partition coefficient (Wildman–Crippen LogP) is 3.26. The van der Waals surface area contributed by atoms with Gasteiger partial charge in [-0.05, 0) is 55.3 Å². The zero-order valence-corrected chi connectivity index (χ0v) is 16.6. The average Bonchev–Trinajstić information content (AvgIpc) is 3.17. The highest BCUT2D eigenvalue weighted by Gasteiger charge is 2.26. The Morgan fingerprint density at radius 1 is 1.14 bits per heavy atom. The van der Waals surface area contributed by atoms with E-state index in [1.165, 1.54) is 11.9 Å². The van der Waals surface area contributed by atoms with E-state index in [1.807, 2.05) is 18.2 Å². The largest absolute Gasteiger partial charge is 0.465 e. The molecule has 0 spiro atoms. The number of sulfonamides is 1. The summed E-state index contributed by atoms with van der Waals surface area (Å²) in [7, 11) is -2.09. The Morgan fingerprint density at radius 2 is 1.79 bits per heavy atom. The van der Waals surface area contributed by atoms with Crippen LogP contribution in [0.15, 0.2) is 51.8 Å². The molecule has 1 aliphatic rings. The third kappa shape index (κ3) is 3.83. The molecule has 29 heavy (non-hydrogen) atoms. The van der Waals surface area contributed by atoms with Gasteiger partial charge in [0.1, 0.15) is 5.52 Å². The predicted molar refractivity (Wildman–Crippen MR) is 107 cm³/mol. The molecule has 1 aromatic heterocycles. The second-order valence-electron chi connectivity index (χ2n) is 7.01. The van der Waals surface area contributed by atoms with E-state index in [-0.39, 0.29) is 10.8 Å². The highest BCUT2D eigenvalue weighted by Crippen LogP contribution is 2.32. The third-order valence-corrected chi connectivity index (χ3v) is 6.72. The van der Waals surface area contributed by atoms with Crippen molar-refractivity contribution in [2.24, 2.45) is 0 Å². The Bertz CT molecular complexity index is 1150. The second kappa shape index (κ2) is 7.49. The fraction of sp³-hybridized carbons (Fsp3) is 0.300. The summed E-state index contributed by atoms with van der Waals surface area (Å²) in [4.78, 5) is 17.3. The topological polar surface area (TPSA) is 113 Å². The first-order chi connectivity index (χ1) is 13.9. The number of rotatable bonds is 4. The van der Waals surface area contributed by atoms with E-state index in [4.69, 9.17) is 9.52 Å². The van der Waals surface area contributed by atoms with Gasteiger partial charge >= 0.3 is 6.09 Å². The zero-order chi connectivity index (χ0) is 20.6. The standard InChI is InChI=1S/C20H21N3O5S/c1-21-29(26,27)16-5-2-13(3-6-16)15-4-7-18-17(12-15)22-19(28-18)14-8-10-23(11-9-14)20(24)25/h2-7,12,14,21H,8-11H2,1H3,(H,24,25). The molecule has 1 aliphatic heterocycles. The summed E-state index contributed by atoms with van der Waals surface area (Å²) in [5.41, 5.74) is 3.19. The minimum Gasteiger partial charge on any atom is -0.465 e. The Morgan fingerprint density at radius 3 is 2.41 bits per heavy atom. The van der Waals surface area contributed by atoms with Crippen molar-refractivity contribution in [3.8, 4) is 11.1 Å². The number of nitrogens with zero attached hydrogens (tertiary/aromatic N) is 2. The first kappa shape index (κ1) is 19.4. The molecule has 1 saturated heterocycles. The van der Waals surface area contributed by atoms with Crippen molar-refractivity contribution >= 4 is 27.2 Å². The molecule has 3 aromatic rings. The molecule has 152 valence electrons. The van der Waals surface area contributed by atoms with Gasteiger partial charge < -0.3 is 14.4 Å². The number of aromatic nitrogens is 1. The van der Waals surface area contributed by atoms with E-state index >= 15 is 0 Å². The van der Waals surface area contributed by atoms with Gasteiger partial charge in [0.2, 0.25) is 10.0 Å². The van der Waals surface area contributed by atoms with Crippen LogP contribution in [0.2, 0.25) is 0 Å². The van der Waals surface area contributed by atoms with E-state index < -0.39 is 16.1 Å². The summed E-state index contributed by atoms with van der Waals surface area (Å²) in [5.74, 6) is 0.741. The first-order valence-electron chi connectivity index (χ1n) is 9.30. The first-order valence-corrected chi connectivity index (χ1v) is 10.8. The van der Waals surface area contributed by atoms with Crippen LogP contribution in [-0.4, -0.2) is 49.6 Å². The fourth-order valence-corrected chi connectivity index (χ4v) is 4.29. The van der Waals surface area contributed by atoms with Crippen LogP contribution >= 0.6 is 0 Å². The molecule has 2 N–H and O–H groups in total. The molecule has 0 bridgehead atoms. The normalized spacial score (nSPS) is 15.7. The number of benzene rings is 2. The molecule has 0 unspecified atom stereocenters. The Balaban J connectivity index is 1.57. The minimum atomic E-state index is -3.47. The quantitative estimate of drug-likeness (QED) is 0.676. The summed E-state index contributed by atoms with van der Waals surface area (Å²) >= 11 is 0. The summed E-state index contributed by atoms with van der Waals surface area (Å²) in [6.07, 6.45) is 0.486. The van der Waals surface area contributed by atoms with Crippen LogP contribution in [0, 0.1) is 0 Å². The van der Waals surface area contributed by atoms with Gasteiger partial charge in [0, 0.05) is 19.0 Å². The number of likely N-dealkylation sites (tertiary alicyclic amines) is 1. The lowest BCUT2D eigenvalue weighted by Crippen LogP contribution is -2.36. The maximum Gasteiger partial charge on any atom is 0.407 e. The Kier molecular flexibility index (Phi) is 5.01. The van der Waals surface area contributed by atoms with Crippen LogP contribution < -0.4 is 4.72 Å². The van der Waals surface area contributed by atoms with Gasteiger partial charge in [-0.15, -0.1) is 0 Å².